The molecule has 1 saturated heterocycles. The van der Waals surface area contributed by atoms with Crippen LogP contribution in [0, 0.1) is 0 Å². The van der Waals surface area contributed by atoms with Gasteiger partial charge < -0.3 is 20.4 Å². The van der Waals surface area contributed by atoms with Crippen molar-refractivity contribution in [3.05, 3.63) is 83.0 Å². The van der Waals surface area contributed by atoms with Crippen molar-refractivity contribution in [3.8, 4) is 0 Å². The first-order chi connectivity index (χ1) is 17.2. The lowest BCUT2D eigenvalue weighted by Crippen LogP contribution is -2.35. The van der Waals surface area contributed by atoms with Gasteiger partial charge in [0.2, 0.25) is 0 Å². The van der Waals surface area contributed by atoms with Crippen LogP contribution >= 0.6 is 11.6 Å². The quantitative estimate of drug-likeness (QED) is 0.462. The fourth-order valence-electron chi connectivity index (χ4n) is 3.90. The Morgan fingerprint density at radius 2 is 1.64 bits per heavy atom. The Balaban J connectivity index is 1.34. The molecule has 188 valence electrons. The lowest BCUT2D eigenvalue weighted by molar-refractivity contribution is -0.136. The van der Waals surface area contributed by atoms with Gasteiger partial charge in [-0.15, -0.1) is 0 Å². The Morgan fingerprint density at radius 1 is 0.889 bits per heavy atom. The monoisotopic (exact) mass is 517 g/mol. The fourth-order valence-corrected chi connectivity index (χ4v) is 4.02. The summed E-state index contributed by atoms with van der Waals surface area (Å²) in [5.41, 5.74) is -0.361. The van der Waals surface area contributed by atoms with Gasteiger partial charge in [-0.2, -0.15) is 13.2 Å². The van der Waals surface area contributed by atoms with Crippen LogP contribution in [0.15, 0.2) is 66.9 Å². The first-order valence-corrected chi connectivity index (χ1v) is 11.6. The van der Waals surface area contributed by atoms with Gasteiger partial charge in [0.15, 0.2) is 0 Å². The van der Waals surface area contributed by atoms with Crippen molar-refractivity contribution in [2.45, 2.75) is 12.6 Å². The van der Waals surface area contributed by atoms with Crippen molar-refractivity contribution in [3.63, 3.8) is 0 Å². The Kier molecular flexibility index (Phi) is 7.64. The van der Waals surface area contributed by atoms with Crippen molar-refractivity contribution in [2.75, 3.05) is 41.7 Å². The van der Waals surface area contributed by atoms with Crippen LogP contribution in [0.2, 0.25) is 5.02 Å². The zero-order valence-corrected chi connectivity index (χ0v) is 19.8. The summed E-state index contributed by atoms with van der Waals surface area (Å²) < 4.78 is 39.4. The molecule has 36 heavy (non-hydrogen) atoms. The first-order valence-electron chi connectivity index (χ1n) is 11.2. The Bertz CT molecular complexity index is 1220. The van der Waals surface area contributed by atoms with E-state index in [-0.39, 0.29) is 11.6 Å². The molecule has 0 spiro atoms. The van der Waals surface area contributed by atoms with Gasteiger partial charge in [-0.25, -0.2) is 9.78 Å². The first kappa shape index (κ1) is 25.3. The second kappa shape index (κ2) is 10.9. The summed E-state index contributed by atoms with van der Waals surface area (Å²) in [7, 11) is 0. The van der Waals surface area contributed by atoms with E-state index in [0.717, 1.165) is 12.5 Å². The molecule has 7 nitrogen and oxygen atoms in total. The highest BCUT2D eigenvalue weighted by Gasteiger charge is 2.33. The highest BCUT2D eigenvalue weighted by Crippen LogP contribution is 2.34. The van der Waals surface area contributed by atoms with Crippen LogP contribution in [-0.2, 0) is 6.18 Å². The van der Waals surface area contributed by atoms with Gasteiger partial charge in [0.25, 0.3) is 5.91 Å². The van der Waals surface area contributed by atoms with E-state index in [4.69, 9.17) is 11.6 Å². The number of pyridine rings is 1. The predicted octanol–water partition coefficient (Wildman–Crippen LogP) is 5.75. The van der Waals surface area contributed by atoms with Gasteiger partial charge in [0.05, 0.1) is 23.1 Å². The number of carbonyl (C=O) groups excluding carboxylic acids is 2. The van der Waals surface area contributed by atoms with E-state index >= 15 is 0 Å². The third kappa shape index (κ3) is 6.25. The van der Waals surface area contributed by atoms with E-state index in [2.05, 4.69) is 15.6 Å². The summed E-state index contributed by atoms with van der Waals surface area (Å²) in [5, 5.41) is 5.30. The van der Waals surface area contributed by atoms with Gasteiger partial charge in [0, 0.05) is 36.8 Å². The summed E-state index contributed by atoms with van der Waals surface area (Å²) in [6.07, 6.45) is -2.40. The summed E-state index contributed by atoms with van der Waals surface area (Å²) in [6, 6.07) is 14.1. The predicted molar refractivity (Wildman–Crippen MR) is 133 cm³/mol. The maximum Gasteiger partial charge on any atom is 0.418 e. The largest absolute Gasteiger partial charge is 0.418 e. The van der Waals surface area contributed by atoms with E-state index in [0.29, 0.717) is 48.3 Å². The summed E-state index contributed by atoms with van der Waals surface area (Å²) in [5.74, 6) is 0.614. The molecule has 11 heteroatoms. The average Bonchev–Trinajstić information content (AvgIpc) is 3.11. The van der Waals surface area contributed by atoms with Crippen LogP contribution in [0.1, 0.15) is 22.3 Å². The summed E-state index contributed by atoms with van der Waals surface area (Å²) in [4.78, 5) is 33.3. The molecule has 1 fully saturated rings. The van der Waals surface area contributed by atoms with Gasteiger partial charge in [-0.1, -0.05) is 23.7 Å². The zero-order chi connectivity index (χ0) is 25.7. The van der Waals surface area contributed by atoms with Gasteiger partial charge in [-0.3, -0.25) is 4.79 Å². The lowest BCUT2D eigenvalue weighted by Gasteiger charge is -2.23. The third-order valence-corrected chi connectivity index (χ3v) is 5.94. The number of nitrogens with one attached hydrogen (secondary N) is 2. The van der Waals surface area contributed by atoms with Crippen LogP contribution in [0.4, 0.5) is 35.2 Å². The molecule has 0 radical (unpaired) electrons. The van der Waals surface area contributed by atoms with E-state index in [1.807, 2.05) is 4.90 Å². The Labute approximate surface area is 210 Å². The number of para-hydroxylation sites is 1. The molecule has 0 aliphatic carbocycles. The molecule has 1 aliphatic heterocycles. The normalized spacial score (nSPS) is 14.2. The van der Waals surface area contributed by atoms with Crippen LogP contribution in [0.3, 0.4) is 0 Å². The molecule has 2 aromatic carbocycles. The molecule has 0 unspecified atom stereocenters. The maximum atomic E-state index is 13.1. The van der Waals surface area contributed by atoms with E-state index in [1.54, 1.807) is 41.3 Å². The zero-order valence-electron chi connectivity index (χ0n) is 19.1. The standard InChI is InChI=1S/C25H23ClF3N5O2/c26-18-8-6-17(7-9-18)23(35)34-13-3-12-33(14-15-34)22-11-10-19(16-30-22)31-24(36)32-21-5-2-1-4-20(21)25(27,28)29/h1-2,4-11,16H,3,12-15H2,(H2,31,32,36). The number of anilines is 3. The van der Waals surface area contributed by atoms with Gasteiger partial charge in [0.1, 0.15) is 5.82 Å². The minimum Gasteiger partial charge on any atom is -0.355 e. The molecule has 2 N–H and O–H groups in total. The number of rotatable bonds is 4. The molecule has 0 atom stereocenters. The number of carbonyl (C=O) groups is 2. The highest BCUT2D eigenvalue weighted by atomic mass is 35.5. The molecule has 4 rings (SSSR count). The van der Waals surface area contributed by atoms with Crippen molar-refractivity contribution in [1.82, 2.24) is 9.88 Å². The molecule has 1 aliphatic rings. The van der Waals surface area contributed by atoms with E-state index in [9.17, 15) is 22.8 Å². The maximum absolute atomic E-state index is 13.1. The van der Waals surface area contributed by atoms with E-state index < -0.39 is 17.8 Å². The summed E-state index contributed by atoms with van der Waals surface area (Å²) >= 11 is 5.91. The molecular weight excluding hydrogens is 495 g/mol. The highest BCUT2D eigenvalue weighted by molar-refractivity contribution is 6.30. The summed E-state index contributed by atoms with van der Waals surface area (Å²) in [6.45, 7) is 2.40. The molecule has 3 amide bonds. The molecular formula is C25H23ClF3N5O2. The number of benzene rings is 2. The molecule has 3 aromatic rings. The third-order valence-electron chi connectivity index (χ3n) is 5.68. The van der Waals surface area contributed by atoms with Crippen LogP contribution in [-0.4, -0.2) is 48.0 Å². The molecule has 0 bridgehead atoms. The second-order valence-electron chi connectivity index (χ2n) is 8.17. The molecule has 0 saturated carbocycles. The minimum absolute atomic E-state index is 0.0564. The fraction of sp³-hybridized carbons (Fsp3) is 0.240. The van der Waals surface area contributed by atoms with Gasteiger partial charge >= 0.3 is 12.2 Å². The van der Waals surface area contributed by atoms with Crippen molar-refractivity contribution < 1.29 is 22.8 Å². The topological polar surface area (TPSA) is 77.6 Å². The van der Waals surface area contributed by atoms with Crippen LogP contribution < -0.4 is 15.5 Å². The van der Waals surface area contributed by atoms with Crippen molar-refractivity contribution in [1.29, 1.82) is 0 Å². The number of urea groups is 1. The minimum atomic E-state index is -4.59. The second-order valence-corrected chi connectivity index (χ2v) is 8.60. The Morgan fingerprint density at radius 3 is 2.33 bits per heavy atom. The lowest BCUT2D eigenvalue weighted by atomic mass is 10.1. The van der Waals surface area contributed by atoms with E-state index in [1.165, 1.54) is 24.4 Å². The number of hydrogen-bond donors (Lipinski definition) is 2. The number of amides is 3. The SMILES string of the molecule is O=C(Nc1ccc(N2CCCN(C(=O)c3ccc(Cl)cc3)CC2)nc1)Nc1ccccc1C(F)(F)F. The van der Waals surface area contributed by atoms with Crippen LogP contribution in [0.25, 0.3) is 0 Å². The van der Waals surface area contributed by atoms with Gasteiger partial charge in [-0.05, 0) is 55.0 Å². The molecule has 2 heterocycles. The Hall–Kier alpha value is -3.79. The molecule has 1 aromatic heterocycles. The van der Waals surface area contributed by atoms with Crippen LogP contribution in [0.5, 0.6) is 0 Å². The number of halogens is 4. The number of alkyl halides is 3. The number of hydrogen-bond acceptors (Lipinski definition) is 4. The van der Waals surface area contributed by atoms with Crippen molar-refractivity contribution >= 4 is 40.7 Å². The van der Waals surface area contributed by atoms with Crippen molar-refractivity contribution in [2.24, 2.45) is 0 Å². The smallest absolute Gasteiger partial charge is 0.355 e. The number of nitrogens with zero attached hydrogens (tertiary/aromatic N) is 3. The number of aromatic nitrogens is 1. The average molecular weight is 518 g/mol.